The van der Waals surface area contributed by atoms with Crippen LogP contribution in [0.1, 0.15) is 18.4 Å². The van der Waals surface area contributed by atoms with Crippen LogP contribution in [0.4, 0.5) is 4.39 Å². The van der Waals surface area contributed by atoms with Crippen molar-refractivity contribution < 1.29 is 4.39 Å². The van der Waals surface area contributed by atoms with Crippen LogP contribution < -0.4 is 5.73 Å². The van der Waals surface area contributed by atoms with E-state index in [4.69, 9.17) is 5.73 Å². The summed E-state index contributed by atoms with van der Waals surface area (Å²) in [5.74, 6) is -0.181. The van der Waals surface area contributed by atoms with Crippen molar-refractivity contribution in [2.45, 2.75) is 24.9 Å². The van der Waals surface area contributed by atoms with Crippen LogP contribution in [0.15, 0.2) is 24.3 Å². The Kier molecular flexibility index (Phi) is 4.55. The van der Waals surface area contributed by atoms with Crippen molar-refractivity contribution in [1.82, 2.24) is 9.80 Å². The third kappa shape index (κ3) is 3.32. The van der Waals surface area contributed by atoms with Crippen molar-refractivity contribution in [1.29, 1.82) is 0 Å². The minimum Gasteiger partial charge on any atom is -0.329 e. The van der Waals surface area contributed by atoms with Crippen molar-refractivity contribution in [3.63, 3.8) is 0 Å². The molecule has 0 radical (unpaired) electrons. The number of hydrogen-bond acceptors (Lipinski definition) is 3. The first-order chi connectivity index (χ1) is 9.05. The Morgan fingerprint density at radius 1 is 1.26 bits per heavy atom. The van der Waals surface area contributed by atoms with Gasteiger partial charge in [0.25, 0.3) is 0 Å². The highest BCUT2D eigenvalue weighted by atomic mass is 19.1. The molecule has 1 aliphatic rings. The maximum Gasteiger partial charge on any atom is 0.123 e. The van der Waals surface area contributed by atoms with Crippen molar-refractivity contribution in [2.75, 3.05) is 33.7 Å². The maximum absolute atomic E-state index is 12.9. The minimum atomic E-state index is -0.181. The maximum atomic E-state index is 12.9. The average Bonchev–Trinajstić information content (AvgIpc) is 2.42. The fraction of sp³-hybridized carbons (Fsp3) is 0.600. The fourth-order valence-electron chi connectivity index (χ4n) is 2.81. The Morgan fingerprint density at radius 2 is 1.84 bits per heavy atom. The number of benzene rings is 1. The highest BCUT2D eigenvalue weighted by Gasteiger charge is 2.35. The van der Waals surface area contributed by atoms with Crippen LogP contribution in [-0.2, 0) is 6.54 Å². The van der Waals surface area contributed by atoms with E-state index in [2.05, 4.69) is 23.9 Å². The molecule has 1 aliphatic heterocycles. The van der Waals surface area contributed by atoms with Gasteiger partial charge in [0.15, 0.2) is 0 Å². The highest BCUT2D eigenvalue weighted by Crippen LogP contribution is 2.27. The fourth-order valence-corrected chi connectivity index (χ4v) is 2.81. The number of piperidine rings is 1. The smallest absolute Gasteiger partial charge is 0.123 e. The van der Waals surface area contributed by atoms with Crippen LogP contribution in [0.25, 0.3) is 0 Å². The second-order valence-corrected chi connectivity index (χ2v) is 5.71. The molecule has 1 aromatic rings. The van der Waals surface area contributed by atoms with Gasteiger partial charge in [-0.05, 0) is 57.7 Å². The van der Waals surface area contributed by atoms with Crippen LogP contribution >= 0.6 is 0 Å². The Hall–Kier alpha value is -0.970. The monoisotopic (exact) mass is 265 g/mol. The Bertz CT molecular complexity index is 396. The molecule has 1 heterocycles. The van der Waals surface area contributed by atoms with E-state index in [9.17, 15) is 4.39 Å². The van der Waals surface area contributed by atoms with Gasteiger partial charge in [0, 0.05) is 18.6 Å². The molecule has 1 fully saturated rings. The molecule has 0 bridgehead atoms. The summed E-state index contributed by atoms with van der Waals surface area (Å²) in [6, 6.07) is 6.75. The second-order valence-electron chi connectivity index (χ2n) is 5.71. The van der Waals surface area contributed by atoms with E-state index in [1.165, 1.54) is 12.1 Å². The van der Waals surface area contributed by atoms with Gasteiger partial charge in [0.2, 0.25) is 0 Å². The average molecular weight is 265 g/mol. The number of nitrogens with two attached hydrogens (primary N) is 1. The third-order valence-corrected chi connectivity index (χ3v) is 4.44. The van der Waals surface area contributed by atoms with Gasteiger partial charge in [-0.3, -0.25) is 4.90 Å². The minimum absolute atomic E-state index is 0.0842. The van der Waals surface area contributed by atoms with Gasteiger partial charge >= 0.3 is 0 Å². The lowest BCUT2D eigenvalue weighted by atomic mass is 9.86. The molecule has 2 rings (SSSR count). The normalized spacial score (nSPS) is 19.8. The predicted octanol–water partition coefficient (Wildman–Crippen LogP) is 1.68. The topological polar surface area (TPSA) is 32.5 Å². The van der Waals surface area contributed by atoms with Crippen LogP contribution in [0, 0.1) is 5.82 Å². The zero-order valence-corrected chi connectivity index (χ0v) is 11.9. The van der Waals surface area contributed by atoms with Gasteiger partial charge in [-0.2, -0.15) is 0 Å². The molecule has 0 spiro atoms. The van der Waals surface area contributed by atoms with Crippen molar-refractivity contribution >= 4 is 0 Å². The molecule has 0 atom stereocenters. The van der Waals surface area contributed by atoms with Gasteiger partial charge < -0.3 is 10.6 Å². The summed E-state index contributed by atoms with van der Waals surface area (Å²) in [6.45, 7) is 3.68. The van der Waals surface area contributed by atoms with Gasteiger partial charge in [-0.1, -0.05) is 12.1 Å². The Labute approximate surface area is 115 Å². The summed E-state index contributed by atoms with van der Waals surface area (Å²) in [6.07, 6.45) is 2.19. The van der Waals surface area contributed by atoms with Gasteiger partial charge in [0.05, 0.1) is 0 Å². The van der Waals surface area contributed by atoms with E-state index in [0.29, 0.717) is 6.54 Å². The number of halogens is 1. The van der Waals surface area contributed by atoms with E-state index in [0.717, 1.165) is 38.0 Å². The van der Waals surface area contributed by atoms with Crippen LogP contribution in [-0.4, -0.2) is 49.1 Å². The summed E-state index contributed by atoms with van der Waals surface area (Å²) in [5, 5.41) is 0. The second kappa shape index (κ2) is 5.99. The van der Waals surface area contributed by atoms with E-state index in [1.807, 2.05) is 12.1 Å². The number of likely N-dealkylation sites (N-methyl/N-ethyl adjacent to an activating group) is 1. The van der Waals surface area contributed by atoms with E-state index < -0.39 is 0 Å². The molecule has 19 heavy (non-hydrogen) atoms. The summed E-state index contributed by atoms with van der Waals surface area (Å²) in [5.41, 5.74) is 7.26. The first-order valence-electron chi connectivity index (χ1n) is 6.90. The molecule has 3 nitrogen and oxygen atoms in total. The number of rotatable bonds is 4. The zero-order chi connectivity index (χ0) is 13.9. The van der Waals surface area contributed by atoms with Crippen molar-refractivity contribution in [3.8, 4) is 0 Å². The van der Waals surface area contributed by atoms with Gasteiger partial charge in [-0.25, -0.2) is 4.39 Å². The molecule has 1 saturated heterocycles. The molecule has 2 N–H and O–H groups in total. The molecular formula is C15H24FN3. The number of nitrogens with zero attached hydrogens (tertiary/aromatic N) is 2. The van der Waals surface area contributed by atoms with E-state index >= 15 is 0 Å². The first kappa shape index (κ1) is 14.4. The lowest BCUT2D eigenvalue weighted by molar-refractivity contribution is 0.0485. The van der Waals surface area contributed by atoms with Crippen LogP contribution in [0.3, 0.4) is 0 Å². The molecule has 0 aromatic heterocycles. The molecular weight excluding hydrogens is 241 g/mol. The number of likely N-dealkylation sites (tertiary alicyclic amines) is 1. The van der Waals surface area contributed by atoms with Crippen LogP contribution in [0.2, 0.25) is 0 Å². The SMILES string of the molecule is CN1CCC(CN)(N(C)Cc2ccc(F)cc2)CC1. The Morgan fingerprint density at radius 3 is 2.37 bits per heavy atom. The largest absolute Gasteiger partial charge is 0.329 e. The van der Waals surface area contributed by atoms with E-state index in [-0.39, 0.29) is 11.4 Å². The molecule has 4 heteroatoms. The zero-order valence-electron chi connectivity index (χ0n) is 11.9. The van der Waals surface area contributed by atoms with Gasteiger partial charge in [-0.15, -0.1) is 0 Å². The summed E-state index contributed by atoms with van der Waals surface area (Å²) < 4.78 is 12.9. The summed E-state index contributed by atoms with van der Waals surface area (Å²) >= 11 is 0. The molecule has 0 aliphatic carbocycles. The van der Waals surface area contributed by atoms with Crippen molar-refractivity contribution in [3.05, 3.63) is 35.6 Å². The molecule has 106 valence electrons. The lowest BCUT2D eigenvalue weighted by Crippen LogP contribution is -2.57. The molecule has 1 aromatic carbocycles. The standard InChI is InChI=1S/C15H24FN3/c1-18-9-7-15(12-17,8-10-18)19(2)11-13-3-5-14(16)6-4-13/h3-6H,7-12,17H2,1-2H3. The van der Waals surface area contributed by atoms with Gasteiger partial charge in [0.1, 0.15) is 5.82 Å². The predicted molar refractivity (Wildman–Crippen MR) is 76.4 cm³/mol. The molecule has 0 unspecified atom stereocenters. The van der Waals surface area contributed by atoms with Crippen molar-refractivity contribution in [2.24, 2.45) is 5.73 Å². The van der Waals surface area contributed by atoms with Crippen LogP contribution in [0.5, 0.6) is 0 Å². The summed E-state index contributed by atoms with van der Waals surface area (Å²) in [7, 11) is 4.28. The summed E-state index contributed by atoms with van der Waals surface area (Å²) in [4.78, 5) is 4.69. The highest BCUT2D eigenvalue weighted by molar-refractivity contribution is 5.16. The number of hydrogen-bond donors (Lipinski definition) is 1. The quantitative estimate of drug-likeness (QED) is 0.899. The Balaban J connectivity index is 2.04. The third-order valence-electron chi connectivity index (χ3n) is 4.44. The molecule has 0 amide bonds. The first-order valence-corrected chi connectivity index (χ1v) is 6.90. The lowest BCUT2D eigenvalue weighted by Gasteiger charge is -2.46. The molecule has 0 saturated carbocycles. The van der Waals surface area contributed by atoms with E-state index in [1.54, 1.807) is 0 Å².